The maximum atomic E-state index is 12.5. The molecule has 0 spiro atoms. The van der Waals surface area contributed by atoms with E-state index in [9.17, 15) is 4.79 Å². The fraction of sp³-hybridized carbons (Fsp3) is 0.600. The van der Waals surface area contributed by atoms with Crippen molar-refractivity contribution in [2.24, 2.45) is 0 Å². The second kappa shape index (κ2) is 8.85. The van der Waals surface area contributed by atoms with Gasteiger partial charge >= 0.3 is 0 Å². The van der Waals surface area contributed by atoms with Crippen LogP contribution in [-0.2, 0) is 0 Å². The summed E-state index contributed by atoms with van der Waals surface area (Å²) in [5.74, 6) is 0.220. The third-order valence-corrected chi connectivity index (χ3v) is 3.72. The topological polar surface area (TPSA) is 62.5 Å². The maximum absolute atomic E-state index is 12.5. The third kappa shape index (κ3) is 5.52. The minimum absolute atomic E-state index is 0.0481. The molecule has 0 unspecified atom stereocenters. The van der Waals surface area contributed by atoms with Gasteiger partial charge in [0.25, 0.3) is 5.91 Å². The first kappa shape index (κ1) is 17.7. The number of nitrogens with zero attached hydrogens (tertiary/aromatic N) is 3. The molecule has 0 bridgehead atoms. The summed E-state index contributed by atoms with van der Waals surface area (Å²) in [5.41, 5.74) is 6.14. The van der Waals surface area contributed by atoms with Crippen LogP contribution < -0.4 is 5.73 Å². The largest absolute Gasteiger partial charge is 0.384 e. The van der Waals surface area contributed by atoms with Gasteiger partial charge in [-0.1, -0.05) is 25.4 Å². The van der Waals surface area contributed by atoms with Gasteiger partial charge in [0, 0.05) is 18.7 Å². The first-order valence-corrected chi connectivity index (χ1v) is 7.84. The van der Waals surface area contributed by atoms with Crippen LogP contribution >= 0.6 is 11.6 Å². The number of hydrogen-bond acceptors (Lipinski definition) is 4. The molecule has 6 heteroatoms. The molecule has 1 amide bonds. The van der Waals surface area contributed by atoms with E-state index in [1.165, 1.54) is 0 Å². The lowest BCUT2D eigenvalue weighted by molar-refractivity contribution is 0.0757. The fourth-order valence-corrected chi connectivity index (χ4v) is 2.47. The van der Waals surface area contributed by atoms with E-state index in [0.29, 0.717) is 12.1 Å². The molecule has 0 aliphatic carbocycles. The van der Waals surface area contributed by atoms with E-state index in [0.717, 1.165) is 32.6 Å². The highest BCUT2D eigenvalue weighted by Gasteiger charge is 2.15. The van der Waals surface area contributed by atoms with Crippen molar-refractivity contribution in [3.8, 4) is 0 Å². The Kier molecular flexibility index (Phi) is 7.47. The molecular weight excluding hydrogens is 288 g/mol. The zero-order valence-corrected chi connectivity index (χ0v) is 13.9. The Morgan fingerprint density at radius 3 is 2.38 bits per heavy atom. The van der Waals surface area contributed by atoms with Crippen LogP contribution in [0.4, 0.5) is 5.82 Å². The second-order valence-corrected chi connectivity index (χ2v) is 5.26. The van der Waals surface area contributed by atoms with E-state index in [1.807, 2.05) is 11.8 Å². The number of carbonyl (C=O) groups is 1. The molecule has 5 nitrogen and oxygen atoms in total. The number of nitrogens with two attached hydrogens (primary N) is 1. The molecule has 21 heavy (non-hydrogen) atoms. The summed E-state index contributed by atoms with van der Waals surface area (Å²) >= 11 is 5.86. The smallest absolute Gasteiger partial charge is 0.254 e. The molecule has 0 aromatic carbocycles. The molecule has 0 saturated heterocycles. The quantitative estimate of drug-likeness (QED) is 0.749. The number of carbonyl (C=O) groups excluding carboxylic acids is 1. The van der Waals surface area contributed by atoms with Gasteiger partial charge in [-0.05, 0) is 45.1 Å². The first-order chi connectivity index (χ1) is 10.0. The molecule has 1 aromatic rings. The van der Waals surface area contributed by atoms with Gasteiger partial charge in [0.1, 0.15) is 11.0 Å². The molecule has 0 saturated carbocycles. The number of amides is 1. The van der Waals surface area contributed by atoms with Crippen molar-refractivity contribution in [1.29, 1.82) is 0 Å². The van der Waals surface area contributed by atoms with Gasteiger partial charge in [0.15, 0.2) is 0 Å². The van der Waals surface area contributed by atoms with Gasteiger partial charge < -0.3 is 15.5 Å². The Bertz CT molecular complexity index is 443. The molecule has 0 aliphatic rings. The number of halogens is 1. The summed E-state index contributed by atoms with van der Waals surface area (Å²) in [6.07, 6.45) is 0.954. The van der Waals surface area contributed by atoms with Crippen molar-refractivity contribution in [1.82, 2.24) is 14.8 Å². The van der Waals surface area contributed by atoms with Gasteiger partial charge in [-0.25, -0.2) is 4.98 Å². The number of aromatic nitrogens is 1. The molecule has 0 aliphatic heterocycles. The van der Waals surface area contributed by atoms with Crippen LogP contribution in [0.1, 0.15) is 37.6 Å². The van der Waals surface area contributed by atoms with E-state index in [4.69, 9.17) is 17.3 Å². The number of nitrogen functional groups attached to an aromatic ring is 1. The highest BCUT2D eigenvalue weighted by atomic mass is 35.5. The van der Waals surface area contributed by atoms with Gasteiger partial charge in [0.2, 0.25) is 0 Å². The molecule has 0 radical (unpaired) electrons. The van der Waals surface area contributed by atoms with Crippen LogP contribution in [0.25, 0.3) is 0 Å². The summed E-state index contributed by atoms with van der Waals surface area (Å²) in [6, 6.07) is 3.13. The van der Waals surface area contributed by atoms with Crippen molar-refractivity contribution < 1.29 is 4.79 Å². The summed E-state index contributed by atoms with van der Waals surface area (Å²) < 4.78 is 0. The first-order valence-electron chi connectivity index (χ1n) is 7.46. The summed E-state index contributed by atoms with van der Waals surface area (Å²) in [7, 11) is 0. The van der Waals surface area contributed by atoms with E-state index >= 15 is 0 Å². The maximum Gasteiger partial charge on any atom is 0.254 e. The van der Waals surface area contributed by atoms with Crippen molar-refractivity contribution in [2.45, 2.75) is 27.2 Å². The molecule has 1 rings (SSSR count). The standard InChI is InChI=1S/C15H25ClN4O/c1-4-19(5-2)8-7-9-20(6-3)15(21)12-10-13(16)18-14(17)11-12/h10-11H,4-9H2,1-3H3,(H2,17,18). The lowest BCUT2D eigenvalue weighted by Gasteiger charge is -2.23. The zero-order chi connectivity index (χ0) is 15.8. The Morgan fingerprint density at radius 2 is 1.86 bits per heavy atom. The molecule has 1 aromatic heterocycles. The van der Waals surface area contributed by atoms with Crippen molar-refractivity contribution in [3.05, 3.63) is 22.8 Å². The Labute approximate surface area is 132 Å². The summed E-state index contributed by atoms with van der Waals surface area (Å²) in [4.78, 5) is 20.5. The number of anilines is 1. The average molecular weight is 313 g/mol. The van der Waals surface area contributed by atoms with Crippen molar-refractivity contribution in [2.75, 3.05) is 38.5 Å². The Hall–Kier alpha value is -1.33. The lowest BCUT2D eigenvalue weighted by Crippen LogP contribution is -2.34. The van der Waals surface area contributed by atoms with Crippen molar-refractivity contribution >= 4 is 23.3 Å². The SMILES string of the molecule is CCN(CC)CCCN(CC)C(=O)c1cc(N)nc(Cl)c1. The molecule has 2 N–H and O–H groups in total. The van der Waals surface area contributed by atoms with Crippen molar-refractivity contribution in [3.63, 3.8) is 0 Å². The van der Waals surface area contributed by atoms with Crippen LogP contribution in [0.2, 0.25) is 5.15 Å². The number of pyridine rings is 1. The fourth-order valence-electron chi connectivity index (χ4n) is 2.25. The number of hydrogen-bond donors (Lipinski definition) is 1. The van der Waals surface area contributed by atoms with Crippen LogP contribution in [0, 0.1) is 0 Å². The van der Waals surface area contributed by atoms with Crippen LogP contribution in [0.3, 0.4) is 0 Å². The Balaban J connectivity index is 2.64. The molecule has 118 valence electrons. The van der Waals surface area contributed by atoms with E-state index < -0.39 is 0 Å². The van der Waals surface area contributed by atoms with Gasteiger partial charge in [0.05, 0.1) is 0 Å². The predicted molar refractivity (Wildman–Crippen MR) is 87.6 cm³/mol. The molecule has 1 heterocycles. The molecule has 0 atom stereocenters. The summed E-state index contributed by atoms with van der Waals surface area (Å²) in [6.45, 7) is 10.7. The minimum atomic E-state index is -0.0481. The van der Waals surface area contributed by atoms with Crippen LogP contribution in [0.5, 0.6) is 0 Å². The minimum Gasteiger partial charge on any atom is -0.384 e. The zero-order valence-electron chi connectivity index (χ0n) is 13.1. The molecule has 0 fully saturated rings. The monoisotopic (exact) mass is 312 g/mol. The van der Waals surface area contributed by atoms with Crippen LogP contribution in [0.15, 0.2) is 12.1 Å². The van der Waals surface area contributed by atoms with E-state index in [1.54, 1.807) is 12.1 Å². The Morgan fingerprint density at radius 1 is 1.19 bits per heavy atom. The lowest BCUT2D eigenvalue weighted by atomic mass is 10.2. The van der Waals surface area contributed by atoms with Crippen LogP contribution in [-0.4, -0.2) is 53.4 Å². The highest BCUT2D eigenvalue weighted by Crippen LogP contribution is 2.14. The second-order valence-electron chi connectivity index (χ2n) is 4.87. The predicted octanol–water partition coefficient (Wildman–Crippen LogP) is 2.51. The van der Waals surface area contributed by atoms with Gasteiger partial charge in [-0.15, -0.1) is 0 Å². The number of rotatable bonds is 8. The normalized spacial score (nSPS) is 10.9. The summed E-state index contributed by atoms with van der Waals surface area (Å²) in [5, 5.41) is 0.248. The third-order valence-electron chi connectivity index (χ3n) is 3.53. The molecular formula is C15H25ClN4O. The van der Waals surface area contributed by atoms with E-state index in [-0.39, 0.29) is 16.9 Å². The van der Waals surface area contributed by atoms with Gasteiger partial charge in [-0.3, -0.25) is 4.79 Å². The van der Waals surface area contributed by atoms with Gasteiger partial charge in [-0.2, -0.15) is 0 Å². The highest BCUT2D eigenvalue weighted by molar-refractivity contribution is 6.29. The average Bonchev–Trinajstić information content (AvgIpc) is 2.46. The van der Waals surface area contributed by atoms with E-state index in [2.05, 4.69) is 23.7 Å².